The van der Waals surface area contributed by atoms with E-state index in [0.717, 1.165) is 5.56 Å². The van der Waals surface area contributed by atoms with Crippen LogP contribution in [0.2, 0.25) is 5.02 Å². The van der Waals surface area contributed by atoms with Crippen molar-refractivity contribution in [1.82, 2.24) is 4.31 Å². The largest absolute Gasteiger partial charge is 0.497 e. The molecule has 0 saturated carbocycles. The average Bonchev–Trinajstić information content (AvgIpc) is 2.80. The van der Waals surface area contributed by atoms with E-state index in [0.29, 0.717) is 22.0 Å². The average molecular weight is 473 g/mol. The number of carbonyl (C=O) groups excluding carboxylic acids is 1. The van der Waals surface area contributed by atoms with Gasteiger partial charge in [0.2, 0.25) is 15.9 Å². The number of methoxy groups -OCH3 is 1. The summed E-state index contributed by atoms with van der Waals surface area (Å²) < 4.78 is 32.9. The van der Waals surface area contributed by atoms with Gasteiger partial charge in [0.1, 0.15) is 5.75 Å². The number of aryl methyl sites for hydroxylation is 1. The molecule has 0 aromatic heterocycles. The lowest BCUT2D eigenvalue weighted by atomic mass is 10.0. The fourth-order valence-corrected chi connectivity index (χ4v) is 4.81. The third-order valence-corrected chi connectivity index (χ3v) is 7.48. The second-order valence-corrected chi connectivity index (χ2v) is 9.74. The van der Waals surface area contributed by atoms with Crippen LogP contribution in [0.1, 0.15) is 23.6 Å². The molecule has 0 spiro atoms. The number of nitrogens with zero attached hydrogens (tertiary/aromatic N) is 1. The van der Waals surface area contributed by atoms with Crippen LogP contribution in [0.15, 0.2) is 77.7 Å². The number of halogens is 1. The number of carbonyl (C=O) groups is 1. The van der Waals surface area contributed by atoms with Crippen LogP contribution in [-0.4, -0.2) is 32.8 Å². The fourth-order valence-electron chi connectivity index (χ4n) is 3.27. The highest BCUT2D eigenvalue weighted by atomic mass is 35.5. The molecule has 3 aromatic rings. The van der Waals surface area contributed by atoms with E-state index in [-0.39, 0.29) is 17.2 Å². The topological polar surface area (TPSA) is 75.7 Å². The Morgan fingerprint density at radius 2 is 1.72 bits per heavy atom. The zero-order chi connectivity index (χ0) is 23.3. The third kappa shape index (κ3) is 5.48. The lowest BCUT2D eigenvalue weighted by molar-refractivity contribution is -0.117. The van der Waals surface area contributed by atoms with Crippen LogP contribution in [0, 0.1) is 6.92 Å². The number of sulfonamides is 1. The van der Waals surface area contributed by atoms with Crippen molar-refractivity contribution < 1.29 is 17.9 Å². The maximum absolute atomic E-state index is 13.2. The predicted octanol–water partition coefficient (Wildman–Crippen LogP) is 5.05. The van der Waals surface area contributed by atoms with Crippen molar-refractivity contribution in [2.24, 2.45) is 0 Å². The van der Waals surface area contributed by atoms with E-state index in [4.69, 9.17) is 16.3 Å². The highest BCUT2D eigenvalue weighted by molar-refractivity contribution is 7.89. The molecule has 0 aliphatic rings. The van der Waals surface area contributed by atoms with Crippen LogP contribution in [0.5, 0.6) is 5.75 Å². The Morgan fingerprint density at radius 1 is 1.06 bits per heavy atom. The summed E-state index contributed by atoms with van der Waals surface area (Å²) in [5.41, 5.74) is 2.12. The van der Waals surface area contributed by atoms with Crippen LogP contribution in [-0.2, 0) is 14.8 Å². The Morgan fingerprint density at radius 3 is 2.31 bits per heavy atom. The van der Waals surface area contributed by atoms with Gasteiger partial charge in [-0.1, -0.05) is 48.0 Å². The van der Waals surface area contributed by atoms with Crippen LogP contribution in [0.25, 0.3) is 0 Å². The molecular formula is C24H25ClN2O4S. The van der Waals surface area contributed by atoms with Crippen molar-refractivity contribution in [3.05, 3.63) is 88.9 Å². The second-order valence-electron chi connectivity index (χ2n) is 7.34. The molecule has 3 aromatic carbocycles. The number of hydrogen-bond acceptors (Lipinski definition) is 4. The zero-order valence-corrected chi connectivity index (χ0v) is 19.7. The van der Waals surface area contributed by atoms with E-state index in [9.17, 15) is 13.2 Å². The number of rotatable bonds is 8. The summed E-state index contributed by atoms with van der Waals surface area (Å²) in [7, 11) is -0.798. The summed E-state index contributed by atoms with van der Waals surface area (Å²) in [6.07, 6.45) is -0.0829. The summed E-state index contributed by atoms with van der Waals surface area (Å²) in [5, 5.41) is 3.35. The minimum atomic E-state index is -3.83. The molecule has 32 heavy (non-hydrogen) atoms. The summed E-state index contributed by atoms with van der Waals surface area (Å²) >= 11 is 6.15. The molecule has 168 valence electrons. The summed E-state index contributed by atoms with van der Waals surface area (Å²) in [5.74, 6) is 0.306. The number of nitrogens with one attached hydrogen (secondary N) is 1. The molecule has 1 atom stereocenters. The molecular weight excluding hydrogens is 448 g/mol. The van der Waals surface area contributed by atoms with Crippen molar-refractivity contribution in [1.29, 1.82) is 0 Å². The SMILES string of the molecule is COc1ccc([C@H](CC(=O)Nc2ccc(C)c(Cl)c2)N(C)S(=O)(=O)c2ccccc2)cc1. The molecule has 0 fully saturated rings. The van der Waals surface area contributed by atoms with Crippen molar-refractivity contribution in [2.45, 2.75) is 24.3 Å². The van der Waals surface area contributed by atoms with Crippen LogP contribution < -0.4 is 10.1 Å². The first kappa shape index (κ1) is 23.8. The van der Waals surface area contributed by atoms with Crippen molar-refractivity contribution in [2.75, 3.05) is 19.5 Å². The Bertz CT molecular complexity index is 1180. The van der Waals surface area contributed by atoms with Gasteiger partial charge < -0.3 is 10.1 Å². The summed E-state index contributed by atoms with van der Waals surface area (Å²) in [6.45, 7) is 1.87. The maximum atomic E-state index is 13.2. The minimum Gasteiger partial charge on any atom is -0.497 e. The van der Waals surface area contributed by atoms with E-state index < -0.39 is 16.1 Å². The van der Waals surface area contributed by atoms with Gasteiger partial charge >= 0.3 is 0 Å². The van der Waals surface area contributed by atoms with Crippen molar-refractivity contribution >= 4 is 33.2 Å². The van der Waals surface area contributed by atoms with Gasteiger partial charge in [-0.15, -0.1) is 0 Å². The molecule has 0 radical (unpaired) electrons. The number of benzene rings is 3. The molecule has 0 unspecified atom stereocenters. The third-order valence-electron chi connectivity index (χ3n) is 5.19. The van der Waals surface area contributed by atoms with E-state index >= 15 is 0 Å². The van der Waals surface area contributed by atoms with Gasteiger partial charge in [-0.05, 0) is 54.4 Å². The van der Waals surface area contributed by atoms with Crippen LogP contribution >= 0.6 is 11.6 Å². The molecule has 3 rings (SSSR count). The molecule has 0 heterocycles. The maximum Gasteiger partial charge on any atom is 0.243 e. The second kappa shape index (κ2) is 10.2. The van der Waals surface area contributed by atoms with Crippen LogP contribution in [0.4, 0.5) is 5.69 Å². The van der Waals surface area contributed by atoms with Crippen LogP contribution in [0.3, 0.4) is 0 Å². The number of ether oxygens (including phenoxy) is 1. The Balaban J connectivity index is 1.91. The molecule has 0 aliphatic carbocycles. The van der Waals surface area contributed by atoms with Gasteiger partial charge in [-0.2, -0.15) is 4.31 Å². The van der Waals surface area contributed by atoms with Crippen molar-refractivity contribution in [3.63, 3.8) is 0 Å². The van der Waals surface area contributed by atoms with E-state index in [2.05, 4.69) is 5.32 Å². The van der Waals surface area contributed by atoms with Gasteiger partial charge in [0.15, 0.2) is 0 Å². The van der Waals surface area contributed by atoms with Gasteiger partial charge in [-0.3, -0.25) is 4.79 Å². The zero-order valence-electron chi connectivity index (χ0n) is 18.1. The molecule has 0 aliphatic heterocycles. The predicted molar refractivity (Wildman–Crippen MR) is 127 cm³/mol. The van der Waals surface area contributed by atoms with E-state index in [1.807, 2.05) is 13.0 Å². The Hall–Kier alpha value is -2.87. The molecule has 0 bridgehead atoms. The van der Waals surface area contributed by atoms with Gasteiger partial charge in [-0.25, -0.2) is 8.42 Å². The Kier molecular flexibility index (Phi) is 7.56. The molecule has 0 saturated heterocycles. The number of hydrogen-bond donors (Lipinski definition) is 1. The minimum absolute atomic E-state index is 0.0829. The van der Waals surface area contributed by atoms with Gasteiger partial charge in [0, 0.05) is 24.2 Å². The molecule has 1 amide bonds. The highest BCUT2D eigenvalue weighted by Crippen LogP contribution is 2.31. The molecule has 6 nitrogen and oxygen atoms in total. The van der Waals surface area contributed by atoms with E-state index in [1.165, 1.54) is 23.5 Å². The quantitative estimate of drug-likeness (QED) is 0.498. The number of anilines is 1. The summed E-state index contributed by atoms with van der Waals surface area (Å²) in [4.78, 5) is 13.0. The normalized spacial score (nSPS) is 12.4. The van der Waals surface area contributed by atoms with Gasteiger partial charge in [0.05, 0.1) is 18.0 Å². The highest BCUT2D eigenvalue weighted by Gasteiger charge is 2.31. The van der Waals surface area contributed by atoms with Gasteiger partial charge in [0.25, 0.3) is 0 Å². The standard InChI is InChI=1S/C24H25ClN2O4S/c1-17-9-12-19(15-22(17)25)26-24(28)16-23(18-10-13-20(31-3)14-11-18)27(2)32(29,30)21-7-5-4-6-8-21/h4-15,23H,16H2,1-3H3,(H,26,28)/t23-/m0/s1. The first-order valence-electron chi connectivity index (χ1n) is 9.95. The first-order valence-corrected chi connectivity index (χ1v) is 11.8. The number of amides is 1. The lowest BCUT2D eigenvalue weighted by Crippen LogP contribution is -2.33. The fraction of sp³-hybridized carbons (Fsp3) is 0.208. The van der Waals surface area contributed by atoms with Crippen molar-refractivity contribution in [3.8, 4) is 5.75 Å². The Labute approximate surface area is 193 Å². The smallest absolute Gasteiger partial charge is 0.243 e. The first-order chi connectivity index (χ1) is 15.2. The summed E-state index contributed by atoms with van der Waals surface area (Å²) in [6, 6.07) is 19.6. The monoisotopic (exact) mass is 472 g/mol. The molecule has 8 heteroatoms. The van der Waals surface area contributed by atoms with E-state index in [1.54, 1.807) is 61.7 Å². The molecule has 1 N–H and O–H groups in total. The lowest BCUT2D eigenvalue weighted by Gasteiger charge is -2.28.